The van der Waals surface area contributed by atoms with E-state index in [0.717, 1.165) is 10.5 Å². The second-order valence-electron chi connectivity index (χ2n) is 3.70. The summed E-state index contributed by atoms with van der Waals surface area (Å²) in [7, 11) is -0.857. The average Bonchev–Trinajstić information content (AvgIpc) is 2.73. The summed E-state index contributed by atoms with van der Waals surface area (Å²) in [6.07, 6.45) is 0. The highest BCUT2D eigenvalue weighted by Crippen LogP contribution is 2.40. The quantitative estimate of drug-likeness (QED) is 0.690. The highest BCUT2D eigenvalue weighted by molar-refractivity contribution is 7.84. The van der Waals surface area contributed by atoms with Crippen LogP contribution < -0.4 is 0 Å². The van der Waals surface area contributed by atoms with Crippen LogP contribution in [0.2, 0.25) is 0 Å². The normalized spacial score (nSPS) is 16.5. The molecule has 1 unspecified atom stereocenters. The second-order valence-corrected chi connectivity index (χ2v) is 6.37. The largest absolute Gasteiger partial charge is 0.254 e. The molecule has 0 spiro atoms. The Morgan fingerprint density at radius 1 is 1.24 bits per heavy atom. The minimum atomic E-state index is -0.857. The molecule has 1 aromatic heterocycles. The zero-order valence-corrected chi connectivity index (χ0v) is 12.0. The molecule has 0 N–H and O–H groups in total. The average molecular weight is 264 g/mol. The Hall–Kier alpha value is -0.930. The summed E-state index contributed by atoms with van der Waals surface area (Å²) in [5.74, 6) is 0.677. The first-order chi connectivity index (χ1) is 8.25. The molecule has 0 amide bonds. The van der Waals surface area contributed by atoms with E-state index < -0.39 is 10.8 Å². The lowest BCUT2D eigenvalue weighted by atomic mass is 10.1. The van der Waals surface area contributed by atoms with Crippen molar-refractivity contribution in [3.8, 4) is 10.4 Å². The van der Waals surface area contributed by atoms with Crippen molar-refractivity contribution in [3.05, 3.63) is 40.8 Å². The molecular formula is C14H16OS2. The van der Waals surface area contributed by atoms with Gasteiger partial charge in [0.2, 0.25) is 0 Å². The molecule has 1 nitrogen and oxygen atoms in total. The van der Waals surface area contributed by atoms with Gasteiger partial charge < -0.3 is 0 Å². The number of benzene rings is 1. The number of hydrogen-bond donors (Lipinski definition) is 0. The van der Waals surface area contributed by atoms with Crippen molar-refractivity contribution < 1.29 is 4.21 Å². The molecule has 0 radical (unpaired) electrons. The fourth-order valence-electron chi connectivity index (χ4n) is 1.97. The molecule has 1 atom stereocenters. The van der Waals surface area contributed by atoms with Crippen LogP contribution >= 0.6 is 11.3 Å². The first kappa shape index (κ1) is 12.5. The van der Waals surface area contributed by atoms with E-state index in [1.165, 1.54) is 15.3 Å². The van der Waals surface area contributed by atoms with Gasteiger partial charge in [-0.3, -0.25) is 4.21 Å². The van der Waals surface area contributed by atoms with Gasteiger partial charge in [0.25, 0.3) is 0 Å². The summed E-state index contributed by atoms with van der Waals surface area (Å²) in [4.78, 5) is 3.60. The van der Waals surface area contributed by atoms with Crippen LogP contribution in [0, 0.1) is 6.92 Å². The van der Waals surface area contributed by atoms with Gasteiger partial charge in [-0.25, -0.2) is 0 Å². The van der Waals surface area contributed by atoms with Crippen LogP contribution in [0.15, 0.2) is 35.2 Å². The molecule has 17 heavy (non-hydrogen) atoms. The fraction of sp³-hybridized carbons (Fsp3) is 0.286. The van der Waals surface area contributed by atoms with Crippen LogP contribution in [0.4, 0.5) is 0 Å². The molecule has 0 bridgehead atoms. The third-order valence-corrected chi connectivity index (χ3v) is 5.14. The van der Waals surface area contributed by atoms with E-state index >= 15 is 0 Å². The zero-order valence-electron chi connectivity index (χ0n) is 10.3. The van der Waals surface area contributed by atoms with Gasteiger partial charge in [0.1, 0.15) is 0 Å². The lowest BCUT2D eigenvalue weighted by molar-refractivity contribution is 0.682. The van der Waals surface area contributed by atoms with Crippen molar-refractivity contribution in [2.75, 3.05) is 0 Å². The van der Waals surface area contributed by atoms with Crippen LogP contribution in [0.25, 0.3) is 10.4 Å². The molecule has 3 heteroatoms. The summed E-state index contributed by atoms with van der Waals surface area (Å²) in [5.41, 5.74) is 2.41. The number of thiophene rings is 1. The SMILES string of the molecule is CC.Cc1cc2c(s1)-c1ccccc1S(=O)C2. The maximum atomic E-state index is 12.0. The van der Waals surface area contributed by atoms with Crippen LogP contribution in [0.5, 0.6) is 0 Å². The Kier molecular flexibility index (Phi) is 3.79. The molecule has 0 saturated heterocycles. The monoisotopic (exact) mass is 264 g/mol. The third kappa shape index (κ3) is 2.22. The van der Waals surface area contributed by atoms with Gasteiger partial charge in [0.15, 0.2) is 0 Å². The van der Waals surface area contributed by atoms with Crippen LogP contribution in [-0.4, -0.2) is 4.21 Å². The summed E-state index contributed by atoms with van der Waals surface area (Å²) >= 11 is 1.80. The molecule has 1 aliphatic rings. The molecule has 3 rings (SSSR count). The maximum Gasteiger partial charge on any atom is 0.0581 e. The van der Waals surface area contributed by atoms with Crippen molar-refractivity contribution in [3.63, 3.8) is 0 Å². The second kappa shape index (κ2) is 5.15. The molecule has 2 aromatic rings. The smallest absolute Gasteiger partial charge is 0.0581 e. The lowest BCUT2D eigenvalue weighted by Crippen LogP contribution is -2.03. The highest BCUT2D eigenvalue weighted by Gasteiger charge is 2.22. The Bertz CT molecular complexity index is 555. The number of hydrogen-bond acceptors (Lipinski definition) is 2. The third-order valence-electron chi connectivity index (χ3n) is 2.60. The molecule has 0 fully saturated rings. The topological polar surface area (TPSA) is 17.1 Å². The van der Waals surface area contributed by atoms with Crippen LogP contribution in [-0.2, 0) is 16.6 Å². The molecular weight excluding hydrogens is 248 g/mol. The van der Waals surface area contributed by atoms with E-state index in [2.05, 4.69) is 19.1 Å². The number of rotatable bonds is 0. The van der Waals surface area contributed by atoms with Gasteiger partial charge in [-0.15, -0.1) is 11.3 Å². The molecule has 0 saturated carbocycles. The van der Waals surface area contributed by atoms with E-state index in [1.54, 1.807) is 11.3 Å². The predicted octanol–water partition coefficient (Wildman–Crippen LogP) is 4.37. The fourth-order valence-corrected chi connectivity index (χ4v) is 4.51. The van der Waals surface area contributed by atoms with E-state index in [4.69, 9.17) is 0 Å². The molecule has 2 heterocycles. The van der Waals surface area contributed by atoms with Gasteiger partial charge in [-0.05, 0) is 24.6 Å². The molecule has 1 aromatic carbocycles. The maximum absolute atomic E-state index is 12.0. The molecule has 0 aliphatic carbocycles. The Balaban J connectivity index is 0.000000514. The summed E-state index contributed by atoms with van der Waals surface area (Å²) in [6, 6.07) is 10.2. The van der Waals surface area contributed by atoms with E-state index in [-0.39, 0.29) is 0 Å². The minimum absolute atomic E-state index is 0.677. The van der Waals surface area contributed by atoms with Crippen molar-refractivity contribution >= 4 is 22.1 Å². The Morgan fingerprint density at radius 2 is 1.94 bits per heavy atom. The van der Waals surface area contributed by atoms with Gasteiger partial charge >= 0.3 is 0 Å². The van der Waals surface area contributed by atoms with Crippen molar-refractivity contribution in [2.45, 2.75) is 31.4 Å². The summed E-state index contributed by atoms with van der Waals surface area (Å²) in [5, 5.41) is 0. The highest BCUT2D eigenvalue weighted by atomic mass is 32.2. The Labute approximate surface area is 109 Å². The van der Waals surface area contributed by atoms with Crippen molar-refractivity contribution in [2.24, 2.45) is 0 Å². The van der Waals surface area contributed by atoms with Crippen LogP contribution in [0.1, 0.15) is 24.3 Å². The number of aryl methyl sites for hydroxylation is 1. The summed E-state index contributed by atoms with van der Waals surface area (Å²) in [6.45, 7) is 6.11. The zero-order chi connectivity index (χ0) is 12.4. The minimum Gasteiger partial charge on any atom is -0.254 e. The molecule has 1 aliphatic heterocycles. The Morgan fingerprint density at radius 3 is 2.71 bits per heavy atom. The number of fused-ring (bicyclic) bond motifs is 3. The van der Waals surface area contributed by atoms with Gasteiger partial charge in [-0.1, -0.05) is 32.0 Å². The van der Waals surface area contributed by atoms with Crippen molar-refractivity contribution in [1.82, 2.24) is 0 Å². The van der Waals surface area contributed by atoms with Gasteiger partial charge in [0.05, 0.1) is 16.6 Å². The first-order valence-corrected chi connectivity index (χ1v) is 7.96. The predicted molar refractivity (Wildman–Crippen MR) is 76.0 cm³/mol. The summed E-state index contributed by atoms with van der Waals surface area (Å²) < 4.78 is 12.0. The first-order valence-electron chi connectivity index (χ1n) is 5.83. The standard InChI is InChI=1S/C12H10OS2.C2H6/c1-8-6-9-7-15(13)11-5-3-2-4-10(11)12(9)14-8;1-2/h2-6H,7H2,1H3;1-2H3. The molecule has 90 valence electrons. The van der Waals surface area contributed by atoms with Crippen LogP contribution in [0.3, 0.4) is 0 Å². The van der Waals surface area contributed by atoms with Crippen molar-refractivity contribution in [1.29, 1.82) is 0 Å². The van der Waals surface area contributed by atoms with E-state index in [0.29, 0.717) is 5.75 Å². The van der Waals surface area contributed by atoms with Gasteiger partial charge in [0, 0.05) is 20.2 Å². The van der Waals surface area contributed by atoms with E-state index in [1.807, 2.05) is 32.0 Å². The lowest BCUT2D eigenvalue weighted by Gasteiger charge is -2.14. The van der Waals surface area contributed by atoms with Gasteiger partial charge in [-0.2, -0.15) is 0 Å². The van der Waals surface area contributed by atoms with E-state index in [9.17, 15) is 4.21 Å².